The molecule has 1 aromatic rings. The average molecular weight is 183 g/mol. The predicted molar refractivity (Wildman–Crippen MR) is 49.2 cm³/mol. The number of aliphatic hydroxyl groups is 1. The number of halogens is 1. The number of nitrogens with zero attached hydrogens (tertiary/aromatic N) is 1. The summed E-state index contributed by atoms with van der Waals surface area (Å²) in [5.74, 6) is 0. The van der Waals surface area contributed by atoms with E-state index in [4.69, 9.17) is 0 Å². The predicted octanol–water partition coefficient (Wildman–Crippen LogP) is 2.09. The van der Waals surface area contributed by atoms with Crippen LogP contribution in [0.4, 0.5) is 4.39 Å². The van der Waals surface area contributed by atoms with E-state index in [0.29, 0.717) is 5.69 Å². The van der Waals surface area contributed by atoms with Crippen LogP contribution in [0.25, 0.3) is 0 Å². The molecule has 0 saturated carbocycles. The molecule has 0 aliphatic heterocycles. The largest absolute Gasteiger partial charge is 0.384 e. The van der Waals surface area contributed by atoms with E-state index >= 15 is 0 Å². The second-order valence-corrected chi connectivity index (χ2v) is 3.26. The lowest BCUT2D eigenvalue weighted by Gasteiger charge is -2.14. The summed E-state index contributed by atoms with van der Waals surface area (Å²) in [4.78, 5) is 3.97. The summed E-state index contributed by atoms with van der Waals surface area (Å²) in [5.41, 5.74) is 2.32. The zero-order chi connectivity index (χ0) is 10.0. The first-order valence-electron chi connectivity index (χ1n) is 4.28. The second kappa shape index (κ2) is 3.83. The molecule has 2 nitrogen and oxygen atoms in total. The van der Waals surface area contributed by atoms with Gasteiger partial charge in [-0.1, -0.05) is 0 Å². The van der Waals surface area contributed by atoms with E-state index in [1.807, 2.05) is 19.9 Å². The summed E-state index contributed by atoms with van der Waals surface area (Å²) >= 11 is 0. The minimum Gasteiger partial charge on any atom is -0.384 e. The Hall–Kier alpha value is -0.960. The minimum absolute atomic E-state index is 0.440. The van der Waals surface area contributed by atoms with Crippen molar-refractivity contribution in [3.63, 3.8) is 0 Å². The van der Waals surface area contributed by atoms with Crippen LogP contribution in [0.3, 0.4) is 0 Å². The molecule has 2 atom stereocenters. The van der Waals surface area contributed by atoms with E-state index in [1.54, 1.807) is 6.20 Å². The molecule has 2 unspecified atom stereocenters. The Morgan fingerprint density at radius 1 is 1.46 bits per heavy atom. The number of aryl methyl sites for hydroxylation is 1. The van der Waals surface area contributed by atoms with E-state index in [1.165, 1.54) is 6.92 Å². The molecule has 0 aromatic carbocycles. The molecule has 72 valence electrons. The maximum absolute atomic E-state index is 12.8. The quantitative estimate of drug-likeness (QED) is 0.761. The van der Waals surface area contributed by atoms with Gasteiger partial charge in [0.1, 0.15) is 12.3 Å². The van der Waals surface area contributed by atoms with Crippen molar-refractivity contribution >= 4 is 0 Å². The summed E-state index contributed by atoms with van der Waals surface area (Å²) in [6, 6.07) is 1.84. The van der Waals surface area contributed by atoms with Crippen molar-refractivity contribution in [1.82, 2.24) is 4.98 Å². The zero-order valence-corrected chi connectivity index (χ0v) is 8.08. The van der Waals surface area contributed by atoms with Gasteiger partial charge in [0.2, 0.25) is 0 Å². The molecule has 1 aromatic heterocycles. The van der Waals surface area contributed by atoms with Gasteiger partial charge in [-0.3, -0.25) is 4.98 Å². The van der Waals surface area contributed by atoms with Crippen molar-refractivity contribution in [2.75, 3.05) is 0 Å². The van der Waals surface area contributed by atoms with E-state index in [0.717, 1.165) is 11.1 Å². The van der Waals surface area contributed by atoms with Gasteiger partial charge in [0.05, 0.1) is 5.69 Å². The van der Waals surface area contributed by atoms with Gasteiger partial charge in [-0.15, -0.1) is 0 Å². The van der Waals surface area contributed by atoms with Crippen molar-refractivity contribution in [2.24, 2.45) is 0 Å². The fourth-order valence-corrected chi connectivity index (χ4v) is 1.17. The van der Waals surface area contributed by atoms with Gasteiger partial charge in [0.25, 0.3) is 0 Å². The van der Waals surface area contributed by atoms with E-state index in [9.17, 15) is 9.50 Å². The highest BCUT2D eigenvalue weighted by Gasteiger charge is 2.19. The summed E-state index contributed by atoms with van der Waals surface area (Å²) in [6.07, 6.45) is -0.809. The molecule has 1 N–H and O–H groups in total. The fourth-order valence-electron chi connectivity index (χ4n) is 1.17. The third-order valence-electron chi connectivity index (χ3n) is 2.23. The van der Waals surface area contributed by atoms with Gasteiger partial charge >= 0.3 is 0 Å². The summed E-state index contributed by atoms with van der Waals surface area (Å²) in [7, 11) is 0. The van der Waals surface area contributed by atoms with Crippen LogP contribution in [0.15, 0.2) is 12.3 Å². The van der Waals surface area contributed by atoms with E-state index in [2.05, 4.69) is 4.98 Å². The monoisotopic (exact) mass is 183 g/mol. The molecular weight excluding hydrogens is 169 g/mol. The molecule has 0 radical (unpaired) electrons. The topological polar surface area (TPSA) is 33.1 Å². The molecule has 3 heteroatoms. The van der Waals surface area contributed by atoms with Crippen LogP contribution in [0, 0.1) is 13.8 Å². The molecular formula is C10H14FNO. The maximum atomic E-state index is 12.8. The van der Waals surface area contributed by atoms with Crippen molar-refractivity contribution in [3.8, 4) is 0 Å². The Kier molecular flexibility index (Phi) is 2.98. The van der Waals surface area contributed by atoms with Crippen molar-refractivity contribution in [3.05, 3.63) is 29.1 Å². The van der Waals surface area contributed by atoms with Gasteiger partial charge in [0, 0.05) is 6.20 Å². The number of aliphatic hydroxyl groups excluding tert-OH is 1. The van der Waals surface area contributed by atoms with Crippen molar-refractivity contribution in [1.29, 1.82) is 0 Å². The molecule has 1 heterocycles. The lowest BCUT2D eigenvalue weighted by molar-refractivity contribution is 0.0840. The number of pyridine rings is 1. The Morgan fingerprint density at radius 2 is 2.08 bits per heavy atom. The summed E-state index contributed by atoms with van der Waals surface area (Å²) < 4.78 is 12.8. The van der Waals surface area contributed by atoms with Gasteiger partial charge in [0.15, 0.2) is 0 Å². The molecule has 1 rings (SSSR count). The van der Waals surface area contributed by atoms with Crippen LogP contribution in [0.5, 0.6) is 0 Å². The van der Waals surface area contributed by atoms with Gasteiger partial charge in [-0.25, -0.2) is 4.39 Å². The van der Waals surface area contributed by atoms with Crippen molar-refractivity contribution < 1.29 is 9.50 Å². The molecule has 0 saturated heterocycles. The molecule has 0 bridgehead atoms. The third kappa shape index (κ3) is 2.04. The first-order chi connectivity index (χ1) is 6.04. The van der Waals surface area contributed by atoms with Crippen LogP contribution in [0.2, 0.25) is 0 Å². The Labute approximate surface area is 77.4 Å². The highest BCUT2D eigenvalue weighted by molar-refractivity contribution is 5.29. The van der Waals surface area contributed by atoms with Gasteiger partial charge in [-0.05, 0) is 38.0 Å². The highest BCUT2D eigenvalue weighted by Crippen LogP contribution is 2.21. The number of alkyl halides is 1. The fraction of sp³-hybridized carbons (Fsp3) is 0.500. The zero-order valence-electron chi connectivity index (χ0n) is 8.08. The number of rotatable bonds is 2. The van der Waals surface area contributed by atoms with Crippen LogP contribution < -0.4 is 0 Å². The Balaban J connectivity index is 3.07. The van der Waals surface area contributed by atoms with Gasteiger partial charge < -0.3 is 5.11 Å². The Morgan fingerprint density at radius 3 is 2.62 bits per heavy atom. The highest BCUT2D eigenvalue weighted by atomic mass is 19.1. The van der Waals surface area contributed by atoms with Crippen LogP contribution in [-0.4, -0.2) is 16.3 Å². The van der Waals surface area contributed by atoms with Crippen molar-refractivity contribution in [2.45, 2.75) is 33.0 Å². The maximum Gasteiger partial charge on any atom is 0.129 e. The molecule has 13 heavy (non-hydrogen) atoms. The van der Waals surface area contributed by atoms with Crippen LogP contribution in [0.1, 0.15) is 29.8 Å². The van der Waals surface area contributed by atoms with Crippen LogP contribution in [-0.2, 0) is 0 Å². The minimum atomic E-state index is -1.28. The lowest BCUT2D eigenvalue weighted by atomic mass is 10.0. The van der Waals surface area contributed by atoms with Gasteiger partial charge in [-0.2, -0.15) is 0 Å². The molecule has 0 aliphatic carbocycles. The SMILES string of the molecule is Cc1ccnc(C(O)C(C)F)c1C. The Bertz CT molecular complexity index is 299. The van der Waals surface area contributed by atoms with E-state index < -0.39 is 12.3 Å². The first kappa shape index (κ1) is 10.1. The molecule has 0 spiro atoms. The molecule has 0 fully saturated rings. The number of hydrogen-bond acceptors (Lipinski definition) is 2. The van der Waals surface area contributed by atoms with Crippen LogP contribution >= 0.6 is 0 Å². The smallest absolute Gasteiger partial charge is 0.129 e. The normalized spacial score (nSPS) is 15.5. The third-order valence-corrected chi connectivity index (χ3v) is 2.23. The molecule has 0 amide bonds. The first-order valence-corrected chi connectivity index (χ1v) is 4.28. The van der Waals surface area contributed by atoms with E-state index in [-0.39, 0.29) is 0 Å². The number of aromatic nitrogens is 1. The number of hydrogen-bond donors (Lipinski definition) is 1. The lowest BCUT2D eigenvalue weighted by Crippen LogP contribution is -2.13. The summed E-state index contributed by atoms with van der Waals surface area (Å²) in [6.45, 7) is 5.08. The standard InChI is InChI=1S/C10H14FNO/c1-6-4-5-12-9(7(6)2)10(13)8(3)11/h4-5,8,10,13H,1-3H3. The second-order valence-electron chi connectivity index (χ2n) is 3.26. The molecule has 0 aliphatic rings. The average Bonchev–Trinajstić information content (AvgIpc) is 2.08. The summed E-state index contributed by atoms with van der Waals surface area (Å²) in [5, 5.41) is 9.47.